The number of fused-ring (bicyclic) bond motifs is 1. The van der Waals surface area contributed by atoms with E-state index in [2.05, 4.69) is 36.6 Å². The Hall–Kier alpha value is -4.39. The zero-order valence-corrected chi connectivity index (χ0v) is 23.7. The van der Waals surface area contributed by atoms with Gasteiger partial charge >= 0.3 is 0 Å². The zero-order chi connectivity index (χ0) is 28.6. The van der Waals surface area contributed by atoms with Crippen LogP contribution in [-0.4, -0.2) is 32.0 Å². The molecule has 0 aliphatic carbocycles. The van der Waals surface area contributed by atoms with E-state index in [0.29, 0.717) is 35.1 Å². The van der Waals surface area contributed by atoms with Crippen LogP contribution in [0.25, 0.3) is 6.08 Å². The number of carbonyl (C=O) groups excluding carboxylic acids is 2. The Morgan fingerprint density at radius 1 is 0.902 bits per heavy atom. The van der Waals surface area contributed by atoms with Gasteiger partial charge in [-0.3, -0.25) is 14.5 Å². The molecule has 4 aromatic carbocycles. The molecule has 0 fully saturated rings. The van der Waals surface area contributed by atoms with Crippen LogP contribution in [0, 0.1) is 0 Å². The summed E-state index contributed by atoms with van der Waals surface area (Å²) in [4.78, 5) is 29.3. The predicted octanol–water partition coefficient (Wildman–Crippen LogP) is 5.14. The SMILES string of the molecule is C[NH+](CCCNC(=O)c1ccc(C=C2Oc3ccccc3N(Cc3ccc(Cl)cc3)C2=O)cc1)Cc1ccccc1. The summed E-state index contributed by atoms with van der Waals surface area (Å²) >= 11 is 6.04. The van der Waals surface area contributed by atoms with E-state index >= 15 is 0 Å². The first kappa shape index (κ1) is 28.1. The van der Waals surface area contributed by atoms with Gasteiger partial charge in [0, 0.05) is 29.1 Å². The first-order valence-electron chi connectivity index (χ1n) is 13.7. The van der Waals surface area contributed by atoms with Gasteiger partial charge < -0.3 is 15.0 Å². The second-order valence-corrected chi connectivity index (χ2v) is 10.6. The third kappa shape index (κ3) is 7.42. The van der Waals surface area contributed by atoms with Gasteiger partial charge in [-0.1, -0.05) is 78.3 Å². The minimum atomic E-state index is -0.236. The Balaban J connectivity index is 1.19. The van der Waals surface area contributed by atoms with Gasteiger partial charge in [0.25, 0.3) is 11.8 Å². The third-order valence-electron chi connectivity index (χ3n) is 6.97. The highest BCUT2D eigenvalue weighted by Gasteiger charge is 2.30. The van der Waals surface area contributed by atoms with Gasteiger partial charge in [-0.05, 0) is 53.6 Å². The van der Waals surface area contributed by atoms with Crippen LogP contribution in [0.5, 0.6) is 5.75 Å². The van der Waals surface area contributed by atoms with Gasteiger partial charge in [0.05, 0.1) is 25.8 Å². The van der Waals surface area contributed by atoms with Crippen molar-refractivity contribution in [3.8, 4) is 5.75 Å². The number of benzene rings is 4. The van der Waals surface area contributed by atoms with Gasteiger partial charge in [-0.25, -0.2) is 0 Å². The first-order valence-corrected chi connectivity index (χ1v) is 14.1. The average Bonchev–Trinajstić information content (AvgIpc) is 2.99. The number of carbonyl (C=O) groups is 2. The molecule has 1 unspecified atom stereocenters. The monoisotopic (exact) mass is 566 g/mol. The van der Waals surface area contributed by atoms with Crippen molar-refractivity contribution in [3.63, 3.8) is 0 Å². The molecule has 0 radical (unpaired) electrons. The van der Waals surface area contributed by atoms with E-state index in [9.17, 15) is 9.59 Å². The van der Waals surface area contributed by atoms with Crippen LogP contribution in [0.4, 0.5) is 5.69 Å². The summed E-state index contributed by atoms with van der Waals surface area (Å²) in [6.07, 6.45) is 2.60. The summed E-state index contributed by atoms with van der Waals surface area (Å²) in [5, 5.41) is 3.65. The molecule has 1 aliphatic heterocycles. The average molecular weight is 567 g/mol. The van der Waals surface area contributed by atoms with Gasteiger partial charge in [0.1, 0.15) is 6.54 Å². The van der Waals surface area contributed by atoms with Crippen molar-refractivity contribution in [2.24, 2.45) is 0 Å². The molecule has 4 aromatic rings. The van der Waals surface area contributed by atoms with Crippen molar-refractivity contribution in [2.45, 2.75) is 19.5 Å². The lowest BCUT2D eigenvalue weighted by molar-refractivity contribution is -0.893. The van der Waals surface area contributed by atoms with Crippen molar-refractivity contribution in [1.29, 1.82) is 0 Å². The van der Waals surface area contributed by atoms with Crippen molar-refractivity contribution < 1.29 is 19.2 Å². The summed E-state index contributed by atoms with van der Waals surface area (Å²) in [7, 11) is 2.17. The molecule has 0 aromatic heterocycles. The highest BCUT2D eigenvalue weighted by Crippen LogP contribution is 2.36. The largest absolute Gasteiger partial charge is 0.449 e. The number of hydrogen-bond acceptors (Lipinski definition) is 3. The maximum Gasteiger partial charge on any atom is 0.294 e. The van der Waals surface area contributed by atoms with E-state index in [-0.39, 0.29) is 17.6 Å². The number of halogens is 1. The van der Waals surface area contributed by atoms with Crippen LogP contribution in [0.3, 0.4) is 0 Å². The van der Waals surface area contributed by atoms with Gasteiger partial charge in [-0.2, -0.15) is 0 Å². The summed E-state index contributed by atoms with van der Waals surface area (Å²) in [6.45, 7) is 2.93. The van der Waals surface area contributed by atoms with Crippen LogP contribution in [-0.2, 0) is 17.9 Å². The molecule has 1 aliphatic rings. The molecule has 41 heavy (non-hydrogen) atoms. The first-order chi connectivity index (χ1) is 20.0. The quantitative estimate of drug-likeness (QED) is 0.206. The molecule has 7 heteroatoms. The number of anilines is 1. The van der Waals surface area contributed by atoms with E-state index in [4.69, 9.17) is 16.3 Å². The second-order valence-electron chi connectivity index (χ2n) is 10.2. The number of quaternary nitrogens is 1. The summed E-state index contributed by atoms with van der Waals surface area (Å²) in [5.74, 6) is 0.481. The normalized spacial score (nSPS) is 14.3. The molecule has 1 heterocycles. The Morgan fingerprint density at radius 3 is 2.37 bits per heavy atom. The van der Waals surface area contributed by atoms with E-state index in [0.717, 1.165) is 30.6 Å². The van der Waals surface area contributed by atoms with Crippen molar-refractivity contribution in [3.05, 3.63) is 136 Å². The molecule has 2 N–H and O–H groups in total. The van der Waals surface area contributed by atoms with E-state index in [1.807, 2.05) is 66.7 Å². The lowest BCUT2D eigenvalue weighted by atomic mass is 10.1. The summed E-state index contributed by atoms with van der Waals surface area (Å²) in [6, 6.07) is 32.5. The Bertz CT molecular complexity index is 1520. The fourth-order valence-corrected chi connectivity index (χ4v) is 4.93. The van der Waals surface area contributed by atoms with Crippen molar-refractivity contribution >= 4 is 35.2 Å². The third-order valence-corrected chi connectivity index (χ3v) is 7.22. The Labute approximate surface area is 245 Å². The number of amides is 2. The molecule has 2 amide bonds. The van der Waals surface area contributed by atoms with Gasteiger partial charge in [-0.15, -0.1) is 0 Å². The maximum absolute atomic E-state index is 13.5. The molecule has 1 atom stereocenters. The number of hydrogen-bond donors (Lipinski definition) is 2. The van der Waals surface area contributed by atoms with Crippen molar-refractivity contribution in [1.82, 2.24) is 5.32 Å². The fourth-order valence-electron chi connectivity index (χ4n) is 4.80. The molecule has 0 bridgehead atoms. The molecule has 0 saturated carbocycles. The predicted molar refractivity (Wildman–Crippen MR) is 163 cm³/mol. The van der Waals surface area contributed by atoms with Crippen LogP contribution in [0.15, 0.2) is 109 Å². The molecular formula is C34H33ClN3O3+. The smallest absolute Gasteiger partial charge is 0.294 e. The van der Waals surface area contributed by atoms with Crippen LogP contribution < -0.4 is 19.9 Å². The highest BCUT2D eigenvalue weighted by atomic mass is 35.5. The van der Waals surface area contributed by atoms with Crippen LogP contribution in [0.2, 0.25) is 5.02 Å². The van der Waals surface area contributed by atoms with E-state index < -0.39 is 0 Å². The number of nitrogens with zero attached hydrogens (tertiary/aromatic N) is 1. The number of rotatable bonds is 10. The van der Waals surface area contributed by atoms with Crippen molar-refractivity contribution in [2.75, 3.05) is 25.0 Å². The molecule has 5 rings (SSSR count). The number of ether oxygens (including phenoxy) is 1. The Morgan fingerprint density at radius 2 is 1.61 bits per heavy atom. The maximum atomic E-state index is 13.5. The number of para-hydroxylation sites is 2. The summed E-state index contributed by atoms with van der Waals surface area (Å²) < 4.78 is 6.00. The molecular weight excluding hydrogens is 534 g/mol. The summed E-state index contributed by atoms with van der Waals surface area (Å²) in [5.41, 5.74) is 4.32. The van der Waals surface area contributed by atoms with E-state index in [1.165, 1.54) is 10.5 Å². The minimum absolute atomic E-state index is 0.113. The zero-order valence-electron chi connectivity index (χ0n) is 23.0. The van der Waals surface area contributed by atoms with Crippen LogP contribution in [0.1, 0.15) is 33.5 Å². The molecule has 0 spiro atoms. The van der Waals surface area contributed by atoms with Crippen LogP contribution >= 0.6 is 11.6 Å². The molecule has 208 valence electrons. The number of nitrogens with one attached hydrogen (secondary N) is 2. The van der Waals surface area contributed by atoms with E-state index in [1.54, 1.807) is 23.1 Å². The minimum Gasteiger partial charge on any atom is -0.449 e. The topological polar surface area (TPSA) is 63.1 Å². The lowest BCUT2D eigenvalue weighted by Crippen LogP contribution is -3.07. The van der Waals surface area contributed by atoms with Gasteiger partial charge in [0.2, 0.25) is 0 Å². The highest BCUT2D eigenvalue weighted by molar-refractivity contribution is 6.30. The molecule has 0 saturated heterocycles. The second kappa shape index (κ2) is 13.3. The fraction of sp³-hybridized carbons (Fsp3) is 0.176. The van der Waals surface area contributed by atoms with Gasteiger partial charge in [0.15, 0.2) is 11.5 Å². The standard InChI is InChI=1S/C34H32ClN3O3/c1-37(23-26-8-3-2-4-9-26)21-7-20-36-33(39)28-16-12-25(13-17-28)22-32-34(40)38(24-27-14-18-29(35)19-15-27)30-10-5-6-11-31(30)41-32/h2-6,8-19,22H,7,20-21,23-24H2,1H3,(H,36,39)/p+1. The lowest BCUT2D eigenvalue weighted by Gasteiger charge is -2.30. The Kier molecular flexibility index (Phi) is 9.14. The molecule has 6 nitrogen and oxygen atoms in total.